The van der Waals surface area contributed by atoms with E-state index >= 15 is 0 Å². The van der Waals surface area contributed by atoms with E-state index in [0.717, 1.165) is 34.2 Å². The van der Waals surface area contributed by atoms with Gasteiger partial charge in [-0.05, 0) is 60.1 Å². The molecule has 7 aromatic heterocycles. The summed E-state index contributed by atoms with van der Waals surface area (Å²) < 4.78 is 0. The quantitative estimate of drug-likeness (QED) is 0.138. The predicted molar refractivity (Wildman–Crippen MR) is 258 cm³/mol. The molecule has 0 fully saturated rings. The summed E-state index contributed by atoms with van der Waals surface area (Å²) in [6.07, 6.45) is 25.6. The van der Waals surface area contributed by atoms with Crippen molar-refractivity contribution in [1.29, 1.82) is 0 Å². The zero-order chi connectivity index (χ0) is 49.8. The van der Waals surface area contributed by atoms with Crippen LogP contribution in [-0.4, -0.2) is 90.4 Å². The highest BCUT2D eigenvalue weighted by Gasteiger charge is 1.79. The molecule has 0 saturated carbocycles. The van der Waals surface area contributed by atoms with Gasteiger partial charge in [0.2, 0.25) is 0 Å². The van der Waals surface area contributed by atoms with Gasteiger partial charge in [0.15, 0.2) is 0 Å². The minimum Gasteiger partial charge on any atom is -0.261 e. The summed E-state index contributed by atoms with van der Waals surface area (Å²) in [4.78, 5) is 45.3. The molecule has 0 N–H and O–H groups in total. The van der Waals surface area contributed by atoms with Gasteiger partial charge in [-0.3, -0.25) is 9.97 Å². The van der Waals surface area contributed by atoms with Gasteiger partial charge in [-0.25, -0.2) is 49.8 Å². The highest BCUT2D eigenvalue weighted by atomic mass is 15.1. The van der Waals surface area contributed by atoms with E-state index in [1.54, 1.807) is 68.9 Å². The molecule has 7 heterocycles. The average Bonchev–Trinajstić information content (AvgIpc) is 3.36. The predicted octanol–water partition coefficient (Wildman–Crippen LogP) is 10.3. The Labute approximate surface area is 380 Å². The van der Waals surface area contributed by atoms with Crippen LogP contribution in [0.15, 0.2) is 106 Å². The fourth-order valence-electron chi connectivity index (χ4n) is 2.33. The molecule has 0 radical (unpaired) electrons. The molecule has 7 rings (SSSR count). The molecular weight excluding hydrogens is 793 g/mol. The Bertz CT molecular complexity index is 1330. The second-order valence-corrected chi connectivity index (χ2v) is 8.99. The van der Waals surface area contributed by atoms with E-state index in [4.69, 9.17) is 0 Å². The second kappa shape index (κ2) is 67.1. The van der Waals surface area contributed by atoms with E-state index in [1.807, 2.05) is 145 Å². The Hall–Kier alpha value is -6.72. The van der Waals surface area contributed by atoms with Gasteiger partial charge in [-0.15, -0.1) is 15.3 Å². The summed E-state index contributed by atoms with van der Waals surface area (Å²) in [6, 6.07) is 1.86. The molecule has 18 nitrogen and oxygen atoms in total. The van der Waals surface area contributed by atoms with Crippen LogP contribution in [0.2, 0.25) is 0 Å². The number of aryl methyl sites for hydroxylation is 7. The van der Waals surface area contributed by atoms with E-state index in [0.29, 0.717) is 5.82 Å². The van der Waals surface area contributed by atoms with Crippen LogP contribution < -0.4 is 0 Å². The van der Waals surface area contributed by atoms with Crippen molar-refractivity contribution in [2.45, 2.75) is 145 Å². The van der Waals surface area contributed by atoms with Gasteiger partial charge in [-0.1, -0.05) is 96.9 Å². The highest BCUT2D eigenvalue weighted by molar-refractivity contribution is 4.97. The zero-order valence-corrected chi connectivity index (χ0v) is 42.4. The lowest BCUT2D eigenvalue weighted by molar-refractivity contribution is 0.907. The third kappa shape index (κ3) is 64.6. The molecule has 0 aliphatic carbocycles. The van der Waals surface area contributed by atoms with Crippen LogP contribution in [-0.2, 0) is 0 Å². The maximum absolute atomic E-state index is 3.92. The first-order valence-electron chi connectivity index (χ1n) is 21.3. The SMILES string of the molecule is CC.CC.CC.CC.CC.CC.CC.Cc1ccncn1.Cc1cnccn1.Cc1cncnc1.Cc1cncnn1.Cc1cnncn1.Cc1nccnn1.Cc1ncncn1. The molecule has 0 atom stereocenters. The van der Waals surface area contributed by atoms with Gasteiger partial charge in [-0.2, -0.15) is 15.3 Å². The molecule has 18 heteroatoms. The van der Waals surface area contributed by atoms with Crippen molar-refractivity contribution >= 4 is 0 Å². The summed E-state index contributed by atoms with van der Waals surface area (Å²) in [5, 5.41) is 21.4. The van der Waals surface area contributed by atoms with E-state index in [1.165, 1.54) is 38.0 Å². The van der Waals surface area contributed by atoms with Gasteiger partial charge in [0, 0.05) is 49.1 Å². The third-order valence-electron chi connectivity index (χ3n) is 4.55. The van der Waals surface area contributed by atoms with Crippen LogP contribution in [0.3, 0.4) is 0 Å². The Morgan fingerprint density at radius 3 is 1.00 bits per heavy atom. The molecular formula is C45H80N18. The highest BCUT2D eigenvalue weighted by Crippen LogP contribution is 1.85. The normalized spacial score (nSPS) is 7.44. The lowest BCUT2D eigenvalue weighted by Crippen LogP contribution is -1.85. The molecule has 0 unspecified atom stereocenters. The van der Waals surface area contributed by atoms with E-state index in [2.05, 4.69) is 90.4 Å². The summed E-state index contributed by atoms with van der Waals surface area (Å²) in [6.45, 7) is 41.1. The van der Waals surface area contributed by atoms with Crippen molar-refractivity contribution in [3.8, 4) is 0 Å². The standard InChI is InChI=1S/3C5H6N2.4C4H5N3.7C2H6/c1-5-2-6-4-7-3-5;1-5-4-6-2-3-7-5;1-5-2-3-6-4-7-5;1-4-6-2-5-3-7-4;1-4-2-6-7-3-5-4;1-4-2-5-3-6-7-4;1-4-5-2-3-6-7-4;7*1-2/h3*2-4H,1H3;4*2-3H,1H3;7*1-2H3. The molecule has 0 spiro atoms. The van der Waals surface area contributed by atoms with Crippen molar-refractivity contribution in [2.24, 2.45) is 0 Å². The van der Waals surface area contributed by atoms with E-state index in [-0.39, 0.29) is 0 Å². The van der Waals surface area contributed by atoms with Gasteiger partial charge >= 0.3 is 0 Å². The summed E-state index contributed by atoms with van der Waals surface area (Å²) >= 11 is 0. The molecule has 0 aliphatic rings. The van der Waals surface area contributed by atoms with Crippen LogP contribution >= 0.6 is 0 Å². The zero-order valence-electron chi connectivity index (χ0n) is 42.4. The maximum Gasteiger partial charge on any atom is 0.147 e. The topological polar surface area (TPSA) is 232 Å². The minimum atomic E-state index is 0.711. The molecule has 350 valence electrons. The smallest absolute Gasteiger partial charge is 0.147 e. The van der Waals surface area contributed by atoms with Gasteiger partial charge < -0.3 is 0 Å². The van der Waals surface area contributed by atoms with Crippen LogP contribution in [0.1, 0.15) is 137 Å². The van der Waals surface area contributed by atoms with E-state index in [9.17, 15) is 0 Å². The lowest BCUT2D eigenvalue weighted by Gasteiger charge is -1.81. The summed E-state index contributed by atoms with van der Waals surface area (Å²) in [5.74, 6) is 1.47. The average molecular weight is 873 g/mol. The van der Waals surface area contributed by atoms with Gasteiger partial charge in [0.1, 0.15) is 49.6 Å². The van der Waals surface area contributed by atoms with Crippen LogP contribution in [0.4, 0.5) is 0 Å². The van der Waals surface area contributed by atoms with Crippen molar-refractivity contribution in [3.05, 3.63) is 146 Å². The second-order valence-electron chi connectivity index (χ2n) is 8.99. The fraction of sp³-hybridized carbons (Fsp3) is 0.467. The molecule has 63 heavy (non-hydrogen) atoms. The summed E-state index contributed by atoms with van der Waals surface area (Å²) in [5.41, 5.74) is 4.82. The number of aromatic nitrogens is 18. The van der Waals surface area contributed by atoms with Crippen molar-refractivity contribution in [3.63, 3.8) is 0 Å². The Morgan fingerprint density at radius 1 is 0.270 bits per heavy atom. The molecule has 0 aromatic carbocycles. The van der Waals surface area contributed by atoms with Crippen molar-refractivity contribution in [2.75, 3.05) is 0 Å². The monoisotopic (exact) mass is 873 g/mol. The molecule has 0 bridgehead atoms. The first-order chi connectivity index (χ1) is 30.8. The maximum atomic E-state index is 3.92. The van der Waals surface area contributed by atoms with Crippen LogP contribution in [0.25, 0.3) is 0 Å². The largest absolute Gasteiger partial charge is 0.261 e. The molecule has 7 aromatic rings. The molecule has 0 saturated heterocycles. The first-order valence-corrected chi connectivity index (χ1v) is 21.3. The van der Waals surface area contributed by atoms with Gasteiger partial charge in [0.05, 0.1) is 35.7 Å². The first kappa shape index (κ1) is 70.8. The van der Waals surface area contributed by atoms with Crippen molar-refractivity contribution in [1.82, 2.24) is 90.4 Å². The number of hydrogen-bond acceptors (Lipinski definition) is 18. The number of nitrogens with zero attached hydrogens (tertiary/aromatic N) is 18. The van der Waals surface area contributed by atoms with Crippen LogP contribution in [0, 0.1) is 48.5 Å². The van der Waals surface area contributed by atoms with E-state index < -0.39 is 0 Å². The van der Waals surface area contributed by atoms with Crippen LogP contribution in [0.5, 0.6) is 0 Å². The Morgan fingerprint density at radius 2 is 0.778 bits per heavy atom. The lowest BCUT2D eigenvalue weighted by atomic mass is 10.4. The third-order valence-corrected chi connectivity index (χ3v) is 4.55. The van der Waals surface area contributed by atoms with Gasteiger partial charge in [0.25, 0.3) is 0 Å². The summed E-state index contributed by atoms with van der Waals surface area (Å²) in [7, 11) is 0. The number of hydrogen-bond donors (Lipinski definition) is 0. The number of rotatable bonds is 0. The molecule has 0 aliphatic heterocycles. The minimum absolute atomic E-state index is 0.711. The van der Waals surface area contributed by atoms with Crippen molar-refractivity contribution < 1.29 is 0 Å². The molecule has 0 amide bonds. The Kier molecular flexibility index (Phi) is 75.4. The fourth-order valence-corrected chi connectivity index (χ4v) is 2.33. The Balaban J connectivity index is -0.000000111.